The van der Waals surface area contributed by atoms with Crippen molar-refractivity contribution < 1.29 is 19.8 Å². The number of benzene rings is 2. The van der Waals surface area contributed by atoms with E-state index in [1.807, 2.05) is 0 Å². The van der Waals surface area contributed by atoms with Crippen LogP contribution in [0.2, 0.25) is 0 Å². The number of para-hydroxylation sites is 2. The van der Waals surface area contributed by atoms with Gasteiger partial charge < -0.3 is 15.5 Å². The van der Waals surface area contributed by atoms with Crippen LogP contribution in [0.5, 0.6) is 0 Å². The second-order valence-corrected chi connectivity index (χ2v) is 10.2. The number of aromatic nitrogens is 2. The van der Waals surface area contributed by atoms with Gasteiger partial charge in [0, 0.05) is 12.0 Å². The van der Waals surface area contributed by atoms with E-state index in [-0.39, 0.29) is 18.2 Å². The van der Waals surface area contributed by atoms with Crippen LogP contribution in [0.1, 0.15) is 43.6 Å². The summed E-state index contributed by atoms with van der Waals surface area (Å²) in [5, 5.41) is 29.3. The number of amides is 2. The monoisotopic (exact) mass is 473 g/mol. The molecule has 3 aliphatic heterocycles. The summed E-state index contributed by atoms with van der Waals surface area (Å²) < 4.78 is 1.19. The lowest BCUT2D eigenvalue weighted by atomic mass is 9.85. The first-order valence-corrected chi connectivity index (χ1v) is 11.7. The molecule has 2 fully saturated rings. The quantitative estimate of drug-likeness (QED) is 0.421. The molecule has 1 aromatic heterocycles. The van der Waals surface area contributed by atoms with Crippen LogP contribution in [0.15, 0.2) is 53.3 Å². The minimum atomic E-state index is -1.88. The molecule has 4 aliphatic rings. The third-order valence-electron chi connectivity index (χ3n) is 7.86. The van der Waals surface area contributed by atoms with E-state index < -0.39 is 40.5 Å². The summed E-state index contributed by atoms with van der Waals surface area (Å²) in [6.45, 7) is 1.36. The standard InChI is InChI=1S/C25H23N5O5/c1-23(34)20-26-15-8-4-2-6-13(15)19(32)29(20)17(18(31)27-23)12-25(35)14-7-3-5-9-16(14)30-21(25)28-24(10-11-24)22(30)33/h2-9,17,21,28,34-35H,10-12H2,1H3,(H,27,31). The topological polar surface area (TPSA) is 137 Å². The van der Waals surface area contributed by atoms with Crippen LogP contribution in [0.3, 0.4) is 0 Å². The Bertz CT molecular complexity index is 1530. The molecule has 1 saturated heterocycles. The minimum absolute atomic E-state index is 0.00772. The van der Waals surface area contributed by atoms with Crippen molar-refractivity contribution in [3.63, 3.8) is 0 Å². The van der Waals surface area contributed by atoms with Gasteiger partial charge in [-0.15, -0.1) is 0 Å². The molecular formula is C25H23N5O5. The molecule has 0 radical (unpaired) electrons. The number of anilines is 1. The number of hydrogen-bond donors (Lipinski definition) is 4. The normalized spacial score (nSPS) is 31.9. The second-order valence-electron chi connectivity index (χ2n) is 10.2. The van der Waals surface area contributed by atoms with E-state index in [0.29, 0.717) is 35.0 Å². The number of nitrogens with one attached hydrogen (secondary N) is 2. The van der Waals surface area contributed by atoms with E-state index >= 15 is 0 Å². The molecule has 3 aromatic rings. The van der Waals surface area contributed by atoms with E-state index in [1.165, 1.54) is 11.5 Å². The van der Waals surface area contributed by atoms with Crippen LogP contribution in [-0.2, 0) is 20.9 Å². The highest BCUT2D eigenvalue weighted by Crippen LogP contribution is 2.55. The van der Waals surface area contributed by atoms with Crippen LogP contribution in [0, 0.1) is 0 Å². The van der Waals surface area contributed by atoms with E-state index in [4.69, 9.17) is 0 Å². The van der Waals surface area contributed by atoms with Crippen molar-refractivity contribution >= 4 is 28.4 Å². The molecule has 35 heavy (non-hydrogen) atoms. The van der Waals surface area contributed by atoms with Crippen LogP contribution in [0.25, 0.3) is 10.9 Å². The summed E-state index contributed by atoms with van der Waals surface area (Å²) in [7, 11) is 0. The van der Waals surface area contributed by atoms with Gasteiger partial charge in [-0.05, 0) is 38.0 Å². The van der Waals surface area contributed by atoms with Gasteiger partial charge in [0.15, 0.2) is 11.5 Å². The summed E-state index contributed by atoms with van der Waals surface area (Å²) in [5.41, 5.74) is -3.20. The minimum Gasteiger partial charge on any atom is -0.381 e. The number of aliphatic hydroxyl groups is 2. The highest BCUT2D eigenvalue weighted by atomic mass is 16.3. The smallest absolute Gasteiger partial charge is 0.262 e. The summed E-state index contributed by atoms with van der Waals surface area (Å²) in [6.07, 6.45) is 0.387. The fourth-order valence-electron chi connectivity index (χ4n) is 5.97. The van der Waals surface area contributed by atoms with Gasteiger partial charge in [0.2, 0.25) is 11.8 Å². The van der Waals surface area contributed by atoms with Gasteiger partial charge in [-0.1, -0.05) is 30.3 Å². The Morgan fingerprint density at radius 1 is 1.06 bits per heavy atom. The summed E-state index contributed by atoms with van der Waals surface area (Å²) in [5.74, 6) is -0.713. The van der Waals surface area contributed by atoms with E-state index in [2.05, 4.69) is 15.6 Å². The fraction of sp³-hybridized carbons (Fsp3) is 0.360. The Labute approximate surface area is 199 Å². The Morgan fingerprint density at radius 2 is 1.77 bits per heavy atom. The number of hydrogen-bond acceptors (Lipinski definition) is 7. The number of carbonyl (C=O) groups excluding carboxylic acids is 2. The molecule has 10 heteroatoms. The van der Waals surface area contributed by atoms with Crippen molar-refractivity contribution in [1.82, 2.24) is 20.2 Å². The van der Waals surface area contributed by atoms with Crippen LogP contribution in [-0.4, -0.2) is 43.3 Å². The molecule has 0 bridgehead atoms. The lowest BCUT2D eigenvalue weighted by molar-refractivity contribution is -0.140. The Balaban J connectivity index is 1.41. The Hall–Kier alpha value is -3.60. The van der Waals surface area contributed by atoms with Crippen LogP contribution < -0.4 is 21.1 Å². The molecule has 4 unspecified atom stereocenters. The summed E-state index contributed by atoms with van der Waals surface area (Å²) in [6, 6.07) is 12.6. The molecule has 178 valence electrons. The number of carbonyl (C=O) groups is 2. The zero-order valence-electron chi connectivity index (χ0n) is 18.9. The Kier molecular flexibility index (Phi) is 3.76. The van der Waals surface area contributed by atoms with Gasteiger partial charge in [0.25, 0.3) is 5.56 Å². The highest BCUT2D eigenvalue weighted by molar-refractivity contribution is 6.07. The highest BCUT2D eigenvalue weighted by Gasteiger charge is 2.67. The van der Waals surface area contributed by atoms with Gasteiger partial charge >= 0.3 is 0 Å². The maximum absolute atomic E-state index is 13.6. The molecule has 4 heterocycles. The fourth-order valence-corrected chi connectivity index (χ4v) is 5.97. The lowest BCUT2D eigenvalue weighted by Crippen LogP contribution is -2.59. The van der Waals surface area contributed by atoms with Crippen molar-refractivity contribution in [2.45, 2.75) is 55.3 Å². The number of fused-ring (bicyclic) bond motifs is 5. The predicted octanol–water partition coefficient (Wildman–Crippen LogP) is 0.319. The number of nitrogens with zero attached hydrogens (tertiary/aromatic N) is 3. The summed E-state index contributed by atoms with van der Waals surface area (Å²) >= 11 is 0. The third kappa shape index (κ3) is 2.53. The SMILES string of the molecule is CC1(O)NC(=O)C(CC2(O)c3ccccc3N3C(=O)C4(CC4)NC32)n2c1nc1ccccc1c2=O. The van der Waals surface area contributed by atoms with Crippen molar-refractivity contribution in [2.24, 2.45) is 0 Å². The molecule has 4 N–H and O–H groups in total. The first kappa shape index (κ1) is 20.7. The van der Waals surface area contributed by atoms with Gasteiger partial charge in [-0.2, -0.15) is 0 Å². The molecular weight excluding hydrogens is 450 g/mol. The predicted molar refractivity (Wildman–Crippen MR) is 124 cm³/mol. The van der Waals surface area contributed by atoms with Crippen molar-refractivity contribution in [3.8, 4) is 0 Å². The number of rotatable bonds is 2. The summed E-state index contributed by atoms with van der Waals surface area (Å²) in [4.78, 5) is 46.3. The third-order valence-corrected chi connectivity index (χ3v) is 7.86. The Morgan fingerprint density at radius 3 is 2.54 bits per heavy atom. The van der Waals surface area contributed by atoms with E-state index in [0.717, 1.165) is 0 Å². The lowest BCUT2D eigenvalue weighted by Gasteiger charge is -2.40. The molecule has 2 aromatic carbocycles. The van der Waals surface area contributed by atoms with Crippen molar-refractivity contribution in [1.29, 1.82) is 0 Å². The maximum atomic E-state index is 13.6. The molecule has 2 amide bonds. The molecule has 1 aliphatic carbocycles. The first-order chi connectivity index (χ1) is 16.7. The van der Waals surface area contributed by atoms with Crippen molar-refractivity contribution in [3.05, 3.63) is 70.3 Å². The average molecular weight is 473 g/mol. The van der Waals surface area contributed by atoms with E-state index in [1.54, 1.807) is 53.4 Å². The zero-order chi connectivity index (χ0) is 24.3. The molecule has 1 saturated carbocycles. The zero-order valence-corrected chi connectivity index (χ0v) is 18.9. The maximum Gasteiger partial charge on any atom is 0.262 e. The molecule has 4 atom stereocenters. The van der Waals surface area contributed by atoms with Gasteiger partial charge in [0.05, 0.1) is 16.6 Å². The van der Waals surface area contributed by atoms with Gasteiger partial charge in [-0.25, -0.2) is 4.98 Å². The molecule has 10 nitrogen and oxygen atoms in total. The van der Waals surface area contributed by atoms with Crippen LogP contribution >= 0.6 is 0 Å². The largest absolute Gasteiger partial charge is 0.381 e. The first-order valence-electron chi connectivity index (χ1n) is 11.7. The van der Waals surface area contributed by atoms with Gasteiger partial charge in [0.1, 0.15) is 23.3 Å². The molecule has 1 spiro atoms. The molecule has 7 rings (SSSR count). The van der Waals surface area contributed by atoms with Crippen LogP contribution in [0.4, 0.5) is 5.69 Å². The van der Waals surface area contributed by atoms with Crippen molar-refractivity contribution in [2.75, 3.05) is 4.90 Å². The van der Waals surface area contributed by atoms with Gasteiger partial charge in [-0.3, -0.25) is 29.2 Å². The average Bonchev–Trinajstić information content (AvgIpc) is 3.50. The second kappa shape index (κ2) is 6.34. The van der Waals surface area contributed by atoms with E-state index in [9.17, 15) is 24.6 Å².